The molecule has 0 aliphatic carbocycles. The first-order valence-electron chi connectivity index (χ1n) is 11.7. The Bertz CT molecular complexity index is 1500. The molecule has 0 spiro atoms. The molecule has 0 unspecified atom stereocenters. The number of methoxy groups -OCH3 is 1. The molecule has 0 saturated carbocycles. The van der Waals surface area contributed by atoms with E-state index in [9.17, 15) is 4.79 Å². The number of carbonyl (C=O) groups excluding carboxylic acids is 1. The van der Waals surface area contributed by atoms with E-state index in [0.29, 0.717) is 11.3 Å². The van der Waals surface area contributed by atoms with Gasteiger partial charge in [-0.05, 0) is 78.7 Å². The molecule has 0 radical (unpaired) electrons. The van der Waals surface area contributed by atoms with Crippen LogP contribution in [0.5, 0.6) is 5.75 Å². The summed E-state index contributed by atoms with van der Waals surface area (Å²) in [5, 5.41) is 12.7. The fraction of sp³-hybridized carbons (Fsp3) is 0.103. The number of hydrogen-bond acceptors (Lipinski definition) is 6. The van der Waals surface area contributed by atoms with E-state index in [1.807, 2.05) is 96.4 Å². The van der Waals surface area contributed by atoms with Crippen LogP contribution in [0.3, 0.4) is 0 Å². The first kappa shape index (κ1) is 24.3. The molecule has 2 aromatic heterocycles. The molecule has 5 aromatic rings. The molecule has 0 aliphatic heterocycles. The summed E-state index contributed by atoms with van der Waals surface area (Å²) in [6, 6.07) is 27.0. The molecular weight excluding hydrogens is 482 g/mol. The Kier molecular flexibility index (Phi) is 7.28. The van der Waals surface area contributed by atoms with Crippen LogP contribution in [0.1, 0.15) is 21.5 Å². The number of pyridine rings is 1. The van der Waals surface area contributed by atoms with E-state index in [1.54, 1.807) is 31.3 Å². The standard InChI is InChI=1S/C29H25N5O2S/c1-20-4-3-5-24(18-20)31-28(35)23-8-6-21(7-9-23)19-37-29-33-32-27(22-14-16-30-17-15-22)34(29)25-10-12-26(36-2)13-11-25/h3-18H,19H2,1-2H3,(H,31,35). The van der Waals surface area contributed by atoms with E-state index in [1.165, 1.54) is 0 Å². The van der Waals surface area contributed by atoms with Crippen LogP contribution in [0.25, 0.3) is 17.1 Å². The molecule has 0 atom stereocenters. The third-order valence-corrected chi connectivity index (χ3v) is 6.76. The van der Waals surface area contributed by atoms with Crippen LogP contribution in [-0.2, 0) is 5.75 Å². The summed E-state index contributed by atoms with van der Waals surface area (Å²) in [7, 11) is 1.65. The highest BCUT2D eigenvalue weighted by Crippen LogP contribution is 2.30. The highest BCUT2D eigenvalue weighted by Gasteiger charge is 2.17. The van der Waals surface area contributed by atoms with Crippen LogP contribution >= 0.6 is 11.8 Å². The summed E-state index contributed by atoms with van der Waals surface area (Å²) in [6.45, 7) is 2.00. The predicted octanol–water partition coefficient (Wildman–Crippen LogP) is 6.19. The number of rotatable bonds is 8. The van der Waals surface area contributed by atoms with Crippen molar-refractivity contribution in [2.75, 3.05) is 12.4 Å². The fourth-order valence-electron chi connectivity index (χ4n) is 3.84. The largest absolute Gasteiger partial charge is 0.497 e. The molecule has 1 amide bonds. The van der Waals surface area contributed by atoms with Gasteiger partial charge in [-0.1, -0.05) is 36.0 Å². The Morgan fingerprint density at radius 1 is 0.946 bits per heavy atom. The molecule has 0 saturated heterocycles. The van der Waals surface area contributed by atoms with E-state index in [-0.39, 0.29) is 5.91 Å². The quantitative estimate of drug-likeness (QED) is 0.252. The maximum Gasteiger partial charge on any atom is 0.255 e. The molecule has 8 heteroatoms. The van der Waals surface area contributed by atoms with Crippen LogP contribution < -0.4 is 10.1 Å². The van der Waals surface area contributed by atoms with Crippen molar-refractivity contribution in [1.82, 2.24) is 19.7 Å². The topological polar surface area (TPSA) is 81.9 Å². The lowest BCUT2D eigenvalue weighted by atomic mass is 10.1. The Labute approximate surface area is 219 Å². The summed E-state index contributed by atoms with van der Waals surface area (Å²) in [5.74, 6) is 2.05. The monoisotopic (exact) mass is 507 g/mol. The molecular formula is C29H25N5O2S. The van der Waals surface area contributed by atoms with Gasteiger partial charge in [0.25, 0.3) is 5.91 Å². The highest BCUT2D eigenvalue weighted by atomic mass is 32.2. The van der Waals surface area contributed by atoms with Crippen molar-refractivity contribution in [3.05, 3.63) is 114 Å². The first-order valence-corrected chi connectivity index (χ1v) is 12.7. The second kappa shape index (κ2) is 11.1. The number of aryl methyl sites for hydroxylation is 1. The second-order valence-corrected chi connectivity index (χ2v) is 9.33. The number of nitrogens with one attached hydrogen (secondary N) is 1. The number of ether oxygens (including phenoxy) is 1. The van der Waals surface area contributed by atoms with Gasteiger partial charge in [-0.3, -0.25) is 14.3 Å². The van der Waals surface area contributed by atoms with Crippen molar-refractivity contribution in [3.63, 3.8) is 0 Å². The van der Waals surface area contributed by atoms with E-state index < -0.39 is 0 Å². The number of benzene rings is 3. The molecule has 0 bridgehead atoms. The smallest absolute Gasteiger partial charge is 0.255 e. The summed E-state index contributed by atoms with van der Waals surface area (Å²) in [4.78, 5) is 16.8. The minimum atomic E-state index is -0.133. The minimum absolute atomic E-state index is 0.133. The molecule has 0 aliphatic rings. The van der Waals surface area contributed by atoms with Crippen molar-refractivity contribution >= 4 is 23.4 Å². The number of carbonyl (C=O) groups is 1. The van der Waals surface area contributed by atoms with Gasteiger partial charge >= 0.3 is 0 Å². The van der Waals surface area contributed by atoms with Crippen molar-refractivity contribution in [2.24, 2.45) is 0 Å². The van der Waals surface area contributed by atoms with Gasteiger partial charge in [0.15, 0.2) is 11.0 Å². The number of hydrogen-bond donors (Lipinski definition) is 1. The normalized spacial score (nSPS) is 10.8. The molecule has 37 heavy (non-hydrogen) atoms. The molecule has 184 valence electrons. The van der Waals surface area contributed by atoms with Gasteiger partial charge < -0.3 is 10.1 Å². The first-order chi connectivity index (χ1) is 18.1. The van der Waals surface area contributed by atoms with Gasteiger partial charge in [-0.25, -0.2) is 0 Å². The van der Waals surface area contributed by atoms with Gasteiger partial charge in [-0.2, -0.15) is 0 Å². The summed E-state index contributed by atoms with van der Waals surface area (Å²) < 4.78 is 7.35. The zero-order valence-corrected chi connectivity index (χ0v) is 21.3. The van der Waals surface area contributed by atoms with Crippen LogP contribution in [-0.4, -0.2) is 32.8 Å². The lowest BCUT2D eigenvalue weighted by Crippen LogP contribution is -2.11. The number of thioether (sulfide) groups is 1. The van der Waals surface area contributed by atoms with Crippen LogP contribution in [0.2, 0.25) is 0 Å². The van der Waals surface area contributed by atoms with E-state index in [2.05, 4.69) is 20.5 Å². The molecule has 1 N–H and O–H groups in total. The lowest BCUT2D eigenvalue weighted by Gasteiger charge is -2.11. The zero-order chi connectivity index (χ0) is 25.6. The van der Waals surface area contributed by atoms with Crippen LogP contribution in [0.4, 0.5) is 5.69 Å². The molecule has 0 fully saturated rings. The lowest BCUT2D eigenvalue weighted by molar-refractivity contribution is 0.102. The summed E-state index contributed by atoms with van der Waals surface area (Å²) in [6.07, 6.45) is 3.48. The highest BCUT2D eigenvalue weighted by molar-refractivity contribution is 7.98. The summed E-state index contributed by atoms with van der Waals surface area (Å²) >= 11 is 1.58. The number of nitrogens with zero attached hydrogens (tertiary/aromatic N) is 4. The van der Waals surface area contributed by atoms with Gasteiger partial charge in [0.1, 0.15) is 5.75 Å². The number of amides is 1. The van der Waals surface area contributed by atoms with Gasteiger partial charge in [0, 0.05) is 40.6 Å². The minimum Gasteiger partial charge on any atom is -0.497 e. The van der Waals surface area contributed by atoms with E-state index in [0.717, 1.165) is 44.8 Å². The molecule has 7 nitrogen and oxygen atoms in total. The van der Waals surface area contributed by atoms with Crippen molar-refractivity contribution < 1.29 is 9.53 Å². The number of aromatic nitrogens is 4. The average Bonchev–Trinajstić information content (AvgIpc) is 3.37. The van der Waals surface area contributed by atoms with Crippen LogP contribution in [0, 0.1) is 6.92 Å². The maximum atomic E-state index is 12.6. The Balaban J connectivity index is 1.34. The molecule has 5 rings (SSSR count). The SMILES string of the molecule is COc1ccc(-n2c(SCc3ccc(C(=O)Nc4cccc(C)c4)cc3)nnc2-c2ccncc2)cc1. The van der Waals surface area contributed by atoms with Gasteiger partial charge in [0.05, 0.1) is 7.11 Å². The van der Waals surface area contributed by atoms with Gasteiger partial charge in [0.2, 0.25) is 0 Å². The van der Waals surface area contributed by atoms with Crippen molar-refractivity contribution in [1.29, 1.82) is 0 Å². The number of anilines is 1. The third kappa shape index (κ3) is 5.70. The molecule has 3 aromatic carbocycles. The Morgan fingerprint density at radius 3 is 2.41 bits per heavy atom. The third-order valence-electron chi connectivity index (χ3n) is 5.76. The predicted molar refractivity (Wildman–Crippen MR) is 146 cm³/mol. The average molecular weight is 508 g/mol. The van der Waals surface area contributed by atoms with Gasteiger partial charge in [-0.15, -0.1) is 10.2 Å². The second-order valence-electron chi connectivity index (χ2n) is 8.38. The van der Waals surface area contributed by atoms with Crippen molar-refractivity contribution in [3.8, 4) is 22.8 Å². The zero-order valence-electron chi connectivity index (χ0n) is 20.5. The Hall–Kier alpha value is -4.43. The van der Waals surface area contributed by atoms with Crippen molar-refractivity contribution in [2.45, 2.75) is 17.8 Å². The van der Waals surface area contributed by atoms with E-state index >= 15 is 0 Å². The van der Waals surface area contributed by atoms with E-state index in [4.69, 9.17) is 4.74 Å². The molecule has 2 heterocycles. The van der Waals surface area contributed by atoms with Crippen LogP contribution in [0.15, 0.2) is 102 Å². The maximum absolute atomic E-state index is 12.6. The summed E-state index contributed by atoms with van der Waals surface area (Å²) in [5.41, 5.74) is 5.42. The Morgan fingerprint density at radius 2 is 1.70 bits per heavy atom. The fourth-order valence-corrected chi connectivity index (χ4v) is 4.75.